The lowest BCUT2D eigenvalue weighted by atomic mass is 10.3. The highest BCUT2D eigenvalue weighted by Crippen LogP contribution is 2.16. The fraction of sp³-hybridized carbons (Fsp3) is 0.333. The number of thioether (sulfide) groups is 1. The van der Waals surface area contributed by atoms with Crippen molar-refractivity contribution >= 4 is 23.4 Å². The quantitative estimate of drug-likeness (QED) is 0.718. The fourth-order valence-corrected chi connectivity index (χ4v) is 2.16. The highest BCUT2D eigenvalue weighted by atomic mass is 32.2. The number of aryl methyl sites for hydroxylation is 1. The van der Waals surface area contributed by atoms with Crippen LogP contribution in [0.15, 0.2) is 16.0 Å². The van der Waals surface area contributed by atoms with E-state index in [2.05, 4.69) is 15.2 Å². The second-order valence-corrected chi connectivity index (χ2v) is 4.32. The minimum atomic E-state index is -0.422. The Kier molecular flexibility index (Phi) is 3.14. The number of aromatic nitrogens is 4. The predicted molar refractivity (Wildman–Crippen MR) is 62.9 cm³/mol. The highest BCUT2D eigenvalue weighted by Gasteiger charge is 2.11. The summed E-state index contributed by atoms with van der Waals surface area (Å²) in [5.74, 6) is 0.0823. The maximum Gasteiger partial charge on any atom is 0.252 e. The van der Waals surface area contributed by atoms with Crippen molar-refractivity contribution in [2.45, 2.75) is 18.5 Å². The van der Waals surface area contributed by atoms with E-state index >= 15 is 0 Å². The molecule has 0 aromatic carbocycles. The number of hydrogen-bond donors (Lipinski definition) is 2. The Morgan fingerprint density at radius 1 is 1.59 bits per heavy atom. The summed E-state index contributed by atoms with van der Waals surface area (Å²) < 4.78 is 1.72. The zero-order chi connectivity index (χ0) is 12.4. The Morgan fingerprint density at radius 2 is 2.35 bits per heavy atom. The lowest BCUT2D eigenvalue weighted by Crippen LogP contribution is -2.14. The van der Waals surface area contributed by atoms with Gasteiger partial charge >= 0.3 is 0 Å². The van der Waals surface area contributed by atoms with Gasteiger partial charge in [0.2, 0.25) is 11.7 Å². The Bertz CT molecular complexity index is 617. The molecule has 90 valence electrons. The minimum absolute atomic E-state index is 0.128. The minimum Gasteiger partial charge on any atom is -0.369 e. The molecule has 2 heterocycles. The molecule has 8 heteroatoms. The topological polar surface area (TPSA) is 106 Å². The first-order chi connectivity index (χ1) is 8.11. The zero-order valence-corrected chi connectivity index (χ0v) is 9.95. The normalized spacial score (nSPS) is 10.9. The van der Waals surface area contributed by atoms with Crippen molar-refractivity contribution in [2.75, 3.05) is 5.75 Å². The van der Waals surface area contributed by atoms with Crippen molar-refractivity contribution < 1.29 is 4.79 Å². The summed E-state index contributed by atoms with van der Waals surface area (Å²) in [5, 5.41) is 8.31. The van der Waals surface area contributed by atoms with Crippen molar-refractivity contribution in [3.8, 4) is 0 Å². The summed E-state index contributed by atoms with van der Waals surface area (Å²) >= 11 is 1.19. The van der Waals surface area contributed by atoms with E-state index in [-0.39, 0.29) is 11.3 Å². The number of nitrogens with zero attached hydrogens (tertiary/aromatic N) is 3. The van der Waals surface area contributed by atoms with E-state index in [1.807, 2.05) is 6.92 Å². The number of amides is 1. The number of carbonyl (C=O) groups is 1. The van der Waals surface area contributed by atoms with Gasteiger partial charge in [-0.2, -0.15) is 0 Å². The molecular weight excluding hydrogens is 242 g/mol. The number of nitrogens with one attached hydrogen (secondary N) is 1. The van der Waals surface area contributed by atoms with Gasteiger partial charge in [0.1, 0.15) is 0 Å². The fourth-order valence-electron chi connectivity index (χ4n) is 1.46. The van der Waals surface area contributed by atoms with E-state index in [0.29, 0.717) is 17.4 Å². The van der Waals surface area contributed by atoms with Gasteiger partial charge in [0, 0.05) is 11.8 Å². The van der Waals surface area contributed by atoms with Crippen LogP contribution in [-0.4, -0.2) is 31.2 Å². The Morgan fingerprint density at radius 3 is 3.00 bits per heavy atom. The Labute approximate surface area is 100 Å². The Balaban J connectivity index is 2.50. The van der Waals surface area contributed by atoms with Crippen LogP contribution < -0.4 is 11.3 Å². The van der Waals surface area contributed by atoms with Crippen LogP contribution in [0.3, 0.4) is 0 Å². The van der Waals surface area contributed by atoms with Crippen molar-refractivity contribution in [2.24, 2.45) is 5.73 Å². The van der Waals surface area contributed by atoms with Gasteiger partial charge in [-0.3, -0.25) is 19.0 Å². The molecule has 2 aromatic heterocycles. The lowest BCUT2D eigenvalue weighted by molar-refractivity contribution is -0.115. The number of fused-ring (bicyclic) bond motifs is 1. The second kappa shape index (κ2) is 4.58. The summed E-state index contributed by atoms with van der Waals surface area (Å²) in [6.07, 6.45) is 0.669. The molecule has 0 radical (unpaired) electrons. The summed E-state index contributed by atoms with van der Waals surface area (Å²) in [7, 11) is 0. The molecule has 0 aliphatic heterocycles. The molecule has 0 spiro atoms. The molecule has 7 nitrogen and oxygen atoms in total. The average molecular weight is 253 g/mol. The molecule has 3 N–H and O–H groups in total. The van der Waals surface area contributed by atoms with Crippen LogP contribution in [-0.2, 0) is 11.2 Å². The molecule has 0 aliphatic rings. The third-order valence-electron chi connectivity index (χ3n) is 2.16. The number of H-pyrrole nitrogens is 1. The van der Waals surface area contributed by atoms with Gasteiger partial charge in [-0.1, -0.05) is 18.7 Å². The van der Waals surface area contributed by atoms with Crippen LogP contribution >= 0.6 is 11.8 Å². The van der Waals surface area contributed by atoms with E-state index in [0.717, 1.165) is 5.69 Å². The summed E-state index contributed by atoms with van der Waals surface area (Å²) in [4.78, 5) is 24.6. The van der Waals surface area contributed by atoms with Crippen molar-refractivity contribution in [3.63, 3.8) is 0 Å². The van der Waals surface area contributed by atoms with Crippen LogP contribution in [0, 0.1) is 0 Å². The van der Waals surface area contributed by atoms with E-state index in [4.69, 9.17) is 5.73 Å². The van der Waals surface area contributed by atoms with Gasteiger partial charge in [-0.25, -0.2) is 0 Å². The molecule has 1 amide bonds. The number of hydrogen-bond acceptors (Lipinski definition) is 5. The van der Waals surface area contributed by atoms with Gasteiger partial charge < -0.3 is 5.73 Å². The number of nitrogens with two attached hydrogens (primary N) is 1. The van der Waals surface area contributed by atoms with Gasteiger partial charge in [-0.05, 0) is 6.42 Å². The number of aromatic amines is 1. The molecule has 2 rings (SSSR count). The average Bonchev–Trinajstić information content (AvgIpc) is 2.68. The van der Waals surface area contributed by atoms with Gasteiger partial charge in [0.05, 0.1) is 5.75 Å². The van der Waals surface area contributed by atoms with Crippen molar-refractivity contribution in [1.29, 1.82) is 0 Å². The molecule has 0 fully saturated rings. The first kappa shape index (κ1) is 11.6. The number of primary amides is 1. The highest BCUT2D eigenvalue weighted by molar-refractivity contribution is 7.99. The van der Waals surface area contributed by atoms with Crippen molar-refractivity contribution in [3.05, 3.63) is 22.1 Å². The van der Waals surface area contributed by atoms with Gasteiger partial charge in [0.15, 0.2) is 5.16 Å². The van der Waals surface area contributed by atoms with E-state index in [1.54, 1.807) is 4.40 Å². The Hall–Kier alpha value is -1.83. The summed E-state index contributed by atoms with van der Waals surface area (Å²) in [5.41, 5.74) is 5.65. The molecule has 2 aromatic rings. The van der Waals surface area contributed by atoms with Crippen molar-refractivity contribution in [1.82, 2.24) is 19.6 Å². The van der Waals surface area contributed by atoms with Crippen LogP contribution in [0.1, 0.15) is 12.6 Å². The molecule has 0 saturated carbocycles. The SMILES string of the molecule is CCc1cc(=O)[nH]c2nnc(SCC(N)=O)n12. The van der Waals surface area contributed by atoms with E-state index in [9.17, 15) is 9.59 Å². The first-order valence-electron chi connectivity index (χ1n) is 5.00. The monoisotopic (exact) mass is 253 g/mol. The molecule has 0 atom stereocenters. The van der Waals surface area contributed by atoms with Crippen LogP contribution in [0.5, 0.6) is 0 Å². The standard InChI is InChI=1S/C9H11N5O2S/c1-2-5-3-7(16)11-8-12-13-9(14(5)8)17-4-6(10)15/h3H,2,4H2,1H3,(H2,10,15)(H,11,12,16). The van der Waals surface area contributed by atoms with Gasteiger partial charge in [0.25, 0.3) is 5.56 Å². The third kappa shape index (κ3) is 2.31. The third-order valence-corrected chi connectivity index (χ3v) is 3.11. The molecule has 0 saturated heterocycles. The number of carbonyl (C=O) groups excluding carboxylic acids is 1. The lowest BCUT2D eigenvalue weighted by Gasteiger charge is -2.03. The smallest absolute Gasteiger partial charge is 0.252 e. The zero-order valence-electron chi connectivity index (χ0n) is 9.14. The first-order valence-corrected chi connectivity index (χ1v) is 5.98. The van der Waals surface area contributed by atoms with Gasteiger partial charge in [-0.15, -0.1) is 10.2 Å². The molecule has 0 bridgehead atoms. The summed E-state index contributed by atoms with van der Waals surface area (Å²) in [6.45, 7) is 1.93. The largest absolute Gasteiger partial charge is 0.369 e. The molecular formula is C9H11N5O2S. The summed E-state index contributed by atoms with van der Waals surface area (Å²) in [6, 6.07) is 1.49. The van der Waals surface area contributed by atoms with Crippen LogP contribution in [0.2, 0.25) is 0 Å². The van der Waals surface area contributed by atoms with Crippen LogP contribution in [0.4, 0.5) is 0 Å². The van der Waals surface area contributed by atoms with E-state index in [1.165, 1.54) is 17.8 Å². The molecule has 0 unspecified atom stereocenters. The maximum atomic E-state index is 11.3. The predicted octanol–water partition coefficient (Wildman–Crippen LogP) is -0.443. The molecule has 17 heavy (non-hydrogen) atoms. The second-order valence-electron chi connectivity index (χ2n) is 3.38. The molecule has 0 aliphatic carbocycles. The number of rotatable bonds is 4. The van der Waals surface area contributed by atoms with E-state index < -0.39 is 5.91 Å². The maximum absolute atomic E-state index is 11.3. The van der Waals surface area contributed by atoms with Crippen LogP contribution in [0.25, 0.3) is 5.78 Å².